The molecule has 1 heterocycles. The van der Waals surface area contributed by atoms with Crippen molar-refractivity contribution in [3.05, 3.63) is 16.8 Å². The molecule has 0 saturated heterocycles. The summed E-state index contributed by atoms with van der Waals surface area (Å²) in [5, 5.41) is 3.86. The van der Waals surface area contributed by atoms with E-state index in [0.717, 1.165) is 5.69 Å². The Labute approximate surface area is 67.3 Å². The standard InChI is InChI=1S/C4H5NS.H3O4P/c5-4-1-2-6-3-4;1-5(2,3)4/h1-3H,5H2;(H3,1,2,3,4). The van der Waals surface area contributed by atoms with Crippen LogP contribution in [-0.2, 0) is 4.57 Å². The van der Waals surface area contributed by atoms with Gasteiger partial charge in [-0.2, -0.15) is 11.3 Å². The minimum atomic E-state index is -4.64. The molecule has 5 nitrogen and oxygen atoms in total. The van der Waals surface area contributed by atoms with E-state index in [0.29, 0.717) is 0 Å². The van der Waals surface area contributed by atoms with Crippen LogP contribution >= 0.6 is 19.2 Å². The lowest BCUT2D eigenvalue weighted by atomic mass is 10.6. The lowest BCUT2D eigenvalue weighted by Gasteiger charge is -1.82. The molecule has 0 aliphatic rings. The first kappa shape index (κ1) is 10.6. The van der Waals surface area contributed by atoms with Gasteiger partial charge in [-0.15, -0.1) is 0 Å². The molecule has 0 amide bonds. The van der Waals surface area contributed by atoms with Gasteiger partial charge in [0.2, 0.25) is 0 Å². The molecule has 0 aromatic carbocycles. The zero-order chi connectivity index (χ0) is 8.91. The summed E-state index contributed by atoms with van der Waals surface area (Å²) in [6.07, 6.45) is 0. The Bertz CT molecular complexity index is 222. The van der Waals surface area contributed by atoms with Crippen molar-refractivity contribution in [2.75, 3.05) is 5.73 Å². The van der Waals surface area contributed by atoms with Gasteiger partial charge in [0.1, 0.15) is 0 Å². The normalized spacial score (nSPS) is 10.1. The average molecular weight is 197 g/mol. The van der Waals surface area contributed by atoms with E-state index in [1.807, 2.05) is 16.8 Å². The van der Waals surface area contributed by atoms with Crippen LogP contribution in [-0.4, -0.2) is 14.7 Å². The van der Waals surface area contributed by atoms with E-state index >= 15 is 0 Å². The third kappa shape index (κ3) is 12.7. The molecule has 11 heavy (non-hydrogen) atoms. The fourth-order valence-corrected chi connectivity index (χ4v) is 0.825. The van der Waals surface area contributed by atoms with E-state index in [1.54, 1.807) is 11.3 Å². The second kappa shape index (κ2) is 4.48. The summed E-state index contributed by atoms with van der Waals surface area (Å²) >= 11 is 1.61. The molecular weight excluding hydrogens is 189 g/mol. The van der Waals surface area contributed by atoms with E-state index in [4.69, 9.17) is 25.0 Å². The Balaban J connectivity index is 0.000000187. The van der Waals surface area contributed by atoms with Crippen LogP contribution in [0.15, 0.2) is 16.8 Å². The predicted molar refractivity (Wildman–Crippen MR) is 43.0 cm³/mol. The van der Waals surface area contributed by atoms with E-state index in [9.17, 15) is 0 Å². The van der Waals surface area contributed by atoms with Gasteiger partial charge in [0.25, 0.3) is 0 Å². The summed E-state index contributed by atoms with van der Waals surface area (Å²) in [5.74, 6) is 0. The summed E-state index contributed by atoms with van der Waals surface area (Å²) < 4.78 is 8.88. The monoisotopic (exact) mass is 197 g/mol. The summed E-state index contributed by atoms with van der Waals surface area (Å²) in [5.41, 5.74) is 6.15. The van der Waals surface area contributed by atoms with Gasteiger partial charge in [0, 0.05) is 11.1 Å². The van der Waals surface area contributed by atoms with Crippen molar-refractivity contribution in [3.8, 4) is 0 Å². The van der Waals surface area contributed by atoms with Crippen LogP contribution in [0.5, 0.6) is 0 Å². The minimum Gasteiger partial charge on any atom is -0.398 e. The molecule has 0 saturated carbocycles. The second-order valence-corrected chi connectivity index (χ2v) is 3.38. The van der Waals surface area contributed by atoms with Gasteiger partial charge in [-0.1, -0.05) is 0 Å². The minimum absolute atomic E-state index is 0.861. The van der Waals surface area contributed by atoms with E-state index < -0.39 is 7.82 Å². The fourth-order valence-electron chi connectivity index (χ4n) is 0.275. The highest BCUT2D eigenvalue weighted by molar-refractivity contribution is 7.45. The van der Waals surface area contributed by atoms with Crippen molar-refractivity contribution in [1.29, 1.82) is 0 Å². The third-order valence-electron chi connectivity index (χ3n) is 0.543. The highest BCUT2D eigenvalue weighted by atomic mass is 32.1. The summed E-state index contributed by atoms with van der Waals surface area (Å²) in [7, 11) is -4.64. The first-order chi connectivity index (χ1) is 4.89. The van der Waals surface area contributed by atoms with Crippen LogP contribution in [0, 0.1) is 0 Å². The molecule has 1 rings (SSSR count). The molecule has 0 radical (unpaired) electrons. The highest BCUT2D eigenvalue weighted by Crippen LogP contribution is 2.25. The van der Waals surface area contributed by atoms with E-state index in [2.05, 4.69) is 0 Å². The molecule has 0 spiro atoms. The van der Waals surface area contributed by atoms with Gasteiger partial charge in [-0.05, 0) is 11.4 Å². The van der Waals surface area contributed by atoms with Crippen molar-refractivity contribution in [1.82, 2.24) is 0 Å². The molecule has 0 fully saturated rings. The molecular formula is C4H8NO4PS. The molecule has 0 unspecified atom stereocenters. The summed E-state index contributed by atoms with van der Waals surface area (Å²) in [6.45, 7) is 0. The van der Waals surface area contributed by atoms with Gasteiger partial charge in [-0.25, -0.2) is 4.57 Å². The molecule has 0 atom stereocenters. The van der Waals surface area contributed by atoms with Crippen molar-refractivity contribution in [3.63, 3.8) is 0 Å². The Morgan fingerprint density at radius 3 is 2.00 bits per heavy atom. The first-order valence-electron chi connectivity index (χ1n) is 2.45. The second-order valence-electron chi connectivity index (χ2n) is 1.57. The number of anilines is 1. The van der Waals surface area contributed by atoms with Gasteiger partial charge in [0.15, 0.2) is 0 Å². The van der Waals surface area contributed by atoms with Crippen LogP contribution in [0.4, 0.5) is 5.69 Å². The molecule has 1 aromatic rings. The Morgan fingerprint density at radius 2 is 1.91 bits per heavy atom. The lowest BCUT2D eigenvalue weighted by molar-refractivity contribution is 0.275. The topological polar surface area (TPSA) is 104 Å². The zero-order valence-corrected chi connectivity index (χ0v) is 7.13. The van der Waals surface area contributed by atoms with Crippen molar-refractivity contribution < 1.29 is 19.2 Å². The number of hydrogen-bond donors (Lipinski definition) is 4. The number of nitrogens with two attached hydrogens (primary N) is 1. The molecule has 0 aliphatic heterocycles. The van der Waals surface area contributed by atoms with Gasteiger partial charge in [0.05, 0.1) is 0 Å². The summed E-state index contributed by atoms with van der Waals surface area (Å²) in [4.78, 5) is 21.6. The zero-order valence-electron chi connectivity index (χ0n) is 5.41. The maximum atomic E-state index is 8.88. The molecule has 5 N–H and O–H groups in total. The Morgan fingerprint density at radius 1 is 1.45 bits per heavy atom. The van der Waals surface area contributed by atoms with Crippen LogP contribution < -0.4 is 5.73 Å². The number of rotatable bonds is 0. The lowest BCUT2D eigenvalue weighted by Crippen LogP contribution is -1.74. The number of phosphoric acid groups is 1. The van der Waals surface area contributed by atoms with Gasteiger partial charge < -0.3 is 20.4 Å². The van der Waals surface area contributed by atoms with Crippen LogP contribution in [0.2, 0.25) is 0 Å². The quantitative estimate of drug-likeness (QED) is 0.451. The number of nitrogen functional groups attached to an aromatic ring is 1. The highest BCUT2D eigenvalue weighted by Gasteiger charge is 2.00. The van der Waals surface area contributed by atoms with Crippen molar-refractivity contribution in [2.24, 2.45) is 0 Å². The summed E-state index contributed by atoms with van der Waals surface area (Å²) in [6, 6.07) is 1.88. The third-order valence-corrected chi connectivity index (χ3v) is 1.24. The number of hydrogen-bond acceptors (Lipinski definition) is 3. The van der Waals surface area contributed by atoms with Crippen molar-refractivity contribution in [2.45, 2.75) is 0 Å². The largest absolute Gasteiger partial charge is 0.466 e. The first-order valence-corrected chi connectivity index (χ1v) is 4.96. The van der Waals surface area contributed by atoms with Gasteiger partial charge in [-0.3, -0.25) is 0 Å². The predicted octanol–water partition coefficient (Wildman–Crippen LogP) is 0.402. The molecule has 64 valence electrons. The average Bonchev–Trinajstić information content (AvgIpc) is 2.12. The van der Waals surface area contributed by atoms with Crippen LogP contribution in [0.25, 0.3) is 0 Å². The Hall–Kier alpha value is -0.390. The molecule has 1 aromatic heterocycles. The molecule has 0 bridgehead atoms. The maximum absolute atomic E-state index is 8.88. The molecule has 7 heteroatoms. The van der Waals surface area contributed by atoms with Crippen molar-refractivity contribution >= 4 is 24.8 Å². The SMILES string of the molecule is Nc1ccsc1.O=P(O)(O)O. The van der Waals surface area contributed by atoms with E-state index in [1.165, 1.54) is 0 Å². The van der Waals surface area contributed by atoms with Crippen LogP contribution in [0.1, 0.15) is 0 Å². The fraction of sp³-hybridized carbons (Fsp3) is 0. The Kier molecular flexibility index (Phi) is 4.32. The smallest absolute Gasteiger partial charge is 0.398 e. The van der Waals surface area contributed by atoms with Crippen LogP contribution in [0.3, 0.4) is 0 Å². The maximum Gasteiger partial charge on any atom is 0.466 e. The molecule has 0 aliphatic carbocycles. The van der Waals surface area contributed by atoms with Gasteiger partial charge >= 0.3 is 7.82 Å². The van der Waals surface area contributed by atoms with E-state index in [-0.39, 0.29) is 0 Å². The number of thiophene rings is 1.